The van der Waals surface area contributed by atoms with Crippen LogP contribution in [-0.4, -0.2) is 24.3 Å². The number of hydrogen-bond acceptors (Lipinski definition) is 2. The van der Waals surface area contributed by atoms with Gasteiger partial charge in [-0.15, -0.1) is 0 Å². The molecule has 1 saturated heterocycles. The molecule has 1 aliphatic heterocycles. The maximum atomic E-state index is 12.9. The molecule has 0 radical (unpaired) electrons. The minimum atomic E-state index is -0.282. The molecule has 14 heavy (non-hydrogen) atoms. The molecule has 0 amide bonds. The average Bonchev–Trinajstić information content (AvgIpc) is 2.46. The zero-order valence-electron chi connectivity index (χ0n) is 8.03. The number of Topliss-reactive ketones (excluding diaryl/α,β-unsaturated/α-hetero) is 1. The summed E-state index contributed by atoms with van der Waals surface area (Å²) in [4.78, 5) is 13.5. The summed E-state index contributed by atoms with van der Waals surface area (Å²) >= 11 is 0. The number of benzene rings is 1. The highest BCUT2D eigenvalue weighted by atomic mass is 19.1. The second-order valence-corrected chi connectivity index (χ2v) is 3.65. The molecular weight excluding hydrogens is 181 g/mol. The number of rotatable bonds is 1. The normalized spacial score (nSPS) is 23.0. The number of ketones is 1. The molecule has 2 nitrogen and oxygen atoms in total. The number of likely N-dealkylation sites (N-methyl/N-ethyl adjacent to an activating group) is 1. The second-order valence-electron chi connectivity index (χ2n) is 3.65. The van der Waals surface area contributed by atoms with Crippen molar-refractivity contribution in [3.63, 3.8) is 0 Å². The van der Waals surface area contributed by atoms with E-state index >= 15 is 0 Å². The number of likely N-dealkylation sites (tertiary alicyclic amines) is 1. The van der Waals surface area contributed by atoms with Gasteiger partial charge >= 0.3 is 0 Å². The summed E-state index contributed by atoms with van der Waals surface area (Å²) in [5.41, 5.74) is 0.759. The quantitative estimate of drug-likeness (QED) is 0.677. The van der Waals surface area contributed by atoms with Crippen LogP contribution in [0.1, 0.15) is 18.0 Å². The van der Waals surface area contributed by atoms with Crippen molar-refractivity contribution in [2.75, 3.05) is 13.6 Å². The standard InChI is InChI=1S/C11H12FNO/c1-13-6-5-10(14)11(13)8-3-2-4-9(12)7-8/h2-4,7,11H,5-6H2,1H3. The molecule has 1 unspecified atom stereocenters. The van der Waals surface area contributed by atoms with Gasteiger partial charge in [0.25, 0.3) is 0 Å². The first kappa shape index (κ1) is 9.34. The van der Waals surface area contributed by atoms with E-state index in [0.717, 1.165) is 12.1 Å². The van der Waals surface area contributed by atoms with E-state index in [1.165, 1.54) is 12.1 Å². The van der Waals surface area contributed by atoms with Crippen LogP contribution in [0, 0.1) is 5.82 Å². The predicted octanol–water partition coefficient (Wildman–Crippen LogP) is 1.77. The van der Waals surface area contributed by atoms with Gasteiger partial charge in [-0.3, -0.25) is 9.69 Å². The average molecular weight is 193 g/mol. The van der Waals surface area contributed by atoms with Gasteiger partial charge in [-0.2, -0.15) is 0 Å². The Morgan fingerprint density at radius 3 is 2.86 bits per heavy atom. The number of hydrogen-bond donors (Lipinski definition) is 0. The Labute approximate surface area is 82.3 Å². The molecule has 3 heteroatoms. The van der Waals surface area contributed by atoms with Crippen LogP contribution in [0.2, 0.25) is 0 Å². The van der Waals surface area contributed by atoms with Gasteiger partial charge in [-0.05, 0) is 24.7 Å². The zero-order chi connectivity index (χ0) is 10.1. The molecule has 0 aromatic heterocycles. The van der Waals surface area contributed by atoms with Crippen molar-refractivity contribution < 1.29 is 9.18 Å². The maximum absolute atomic E-state index is 12.9. The van der Waals surface area contributed by atoms with Crippen LogP contribution in [0.5, 0.6) is 0 Å². The third kappa shape index (κ3) is 1.55. The van der Waals surface area contributed by atoms with E-state index in [-0.39, 0.29) is 17.6 Å². The van der Waals surface area contributed by atoms with Crippen molar-refractivity contribution in [2.45, 2.75) is 12.5 Å². The Morgan fingerprint density at radius 1 is 1.50 bits per heavy atom. The van der Waals surface area contributed by atoms with E-state index < -0.39 is 0 Å². The first-order chi connectivity index (χ1) is 6.68. The second kappa shape index (κ2) is 3.50. The molecule has 1 aliphatic rings. The van der Waals surface area contributed by atoms with E-state index in [2.05, 4.69) is 0 Å². The van der Waals surface area contributed by atoms with Gasteiger partial charge in [0.2, 0.25) is 0 Å². The lowest BCUT2D eigenvalue weighted by molar-refractivity contribution is -0.119. The van der Waals surface area contributed by atoms with Crippen LogP contribution in [0.15, 0.2) is 24.3 Å². The summed E-state index contributed by atoms with van der Waals surface area (Å²) in [7, 11) is 1.89. The lowest BCUT2D eigenvalue weighted by Crippen LogP contribution is -2.21. The smallest absolute Gasteiger partial charge is 0.155 e. The Kier molecular flexibility index (Phi) is 2.33. The topological polar surface area (TPSA) is 20.3 Å². The lowest BCUT2D eigenvalue weighted by atomic mass is 10.0. The molecule has 1 aromatic carbocycles. The largest absolute Gasteiger partial charge is 0.297 e. The third-order valence-corrected chi connectivity index (χ3v) is 2.62. The lowest BCUT2D eigenvalue weighted by Gasteiger charge is -2.17. The number of halogens is 1. The fraction of sp³-hybridized carbons (Fsp3) is 0.364. The van der Waals surface area contributed by atoms with Crippen LogP contribution in [0.3, 0.4) is 0 Å². The van der Waals surface area contributed by atoms with Crippen LogP contribution in [-0.2, 0) is 4.79 Å². The van der Waals surface area contributed by atoms with Crippen molar-refractivity contribution >= 4 is 5.78 Å². The van der Waals surface area contributed by atoms with Gasteiger partial charge in [0.15, 0.2) is 5.78 Å². The molecule has 0 N–H and O–H groups in total. The van der Waals surface area contributed by atoms with Gasteiger partial charge < -0.3 is 0 Å². The van der Waals surface area contributed by atoms with Gasteiger partial charge in [0.05, 0.1) is 6.04 Å². The summed E-state index contributed by atoms with van der Waals surface area (Å²) in [5, 5.41) is 0. The molecule has 0 spiro atoms. The van der Waals surface area contributed by atoms with Gasteiger partial charge in [0.1, 0.15) is 5.82 Å². The minimum absolute atomic E-state index is 0.179. The Morgan fingerprint density at radius 2 is 2.29 bits per heavy atom. The van der Waals surface area contributed by atoms with Gasteiger partial charge in [-0.1, -0.05) is 12.1 Å². The first-order valence-corrected chi connectivity index (χ1v) is 4.67. The van der Waals surface area contributed by atoms with Crippen molar-refractivity contribution in [2.24, 2.45) is 0 Å². The molecule has 1 heterocycles. The zero-order valence-corrected chi connectivity index (χ0v) is 8.03. The summed E-state index contributed by atoms with van der Waals surface area (Å²) in [5.74, 6) is -0.103. The van der Waals surface area contributed by atoms with Crippen molar-refractivity contribution in [1.29, 1.82) is 0 Å². The number of carbonyl (C=O) groups is 1. The molecule has 74 valence electrons. The highest BCUT2D eigenvalue weighted by Crippen LogP contribution is 2.27. The van der Waals surface area contributed by atoms with Crippen molar-refractivity contribution in [3.05, 3.63) is 35.6 Å². The van der Waals surface area contributed by atoms with E-state index in [1.54, 1.807) is 12.1 Å². The highest BCUT2D eigenvalue weighted by Gasteiger charge is 2.30. The SMILES string of the molecule is CN1CCC(=O)C1c1cccc(F)c1. The fourth-order valence-corrected chi connectivity index (χ4v) is 1.92. The molecule has 1 aromatic rings. The van der Waals surface area contributed by atoms with E-state index in [0.29, 0.717) is 6.42 Å². The Hall–Kier alpha value is -1.22. The van der Waals surface area contributed by atoms with Crippen LogP contribution in [0.4, 0.5) is 4.39 Å². The molecule has 1 atom stereocenters. The van der Waals surface area contributed by atoms with E-state index in [1.807, 2.05) is 11.9 Å². The molecule has 0 saturated carbocycles. The third-order valence-electron chi connectivity index (χ3n) is 2.62. The van der Waals surface area contributed by atoms with Crippen molar-refractivity contribution in [3.8, 4) is 0 Å². The molecule has 1 fully saturated rings. The maximum Gasteiger partial charge on any atom is 0.155 e. The minimum Gasteiger partial charge on any atom is -0.297 e. The fourth-order valence-electron chi connectivity index (χ4n) is 1.92. The number of nitrogens with zero attached hydrogens (tertiary/aromatic N) is 1. The molecule has 0 bridgehead atoms. The number of carbonyl (C=O) groups excluding carboxylic acids is 1. The first-order valence-electron chi connectivity index (χ1n) is 4.67. The van der Waals surface area contributed by atoms with Gasteiger partial charge in [-0.25, -0.2) is 4.39 Å². The highest BCUT2D eigenvalue weighted by molar-refractivity contribution is 5.87. The summed E-state index contributed by atoms with van der Waals surface area (Å²) in [6.45, 7) is 0.764. The molecular formula is C11H12FNO. The monoisotopic (exact) mass is 193 g/mol. The van der Waals surface area contributed by atoms with E-state index in [4.69, 9.17) is 0 Å². The Bertz CT molecular complexity index is 364. The van der Waals surface area contributed by atoms with Gasteiger partial charge in [0, 0.05) is 13.0 Å². The summed E-state index contributed by atoms with van der Waals surface area (Å²) in [6.07, 6.45) is 0.567. The molecule has 2 rings (SSSR count). The Balaban J connectivity index is 2.34. The van der Waals surface area contributed by atoms with Crippen LogP contribution < -0.4 is 0 Å². The summed E-state index contributed by atoms with van der Waals surface area (Å²) < 4.78 is 12.9. The van der Waals surface area contributed by atoms with Crippen LogP contribution >= 0.6 is 0 Å². The predicted molar refractivity (Wildman–Crippen MR) is 51.4 cm³/mol. The van der Waals surface area contributed by atoms with E-state index in [9.17, 15) is 9.18 Å². The van der Waals surface area contributed by atoms with Crippen LogP contribution in [0.25, 0.3) is 0 Å². The summed E-state index contributed by atoms with van der Waals surface area (Å²) in [6, 6.07) is 6.02. The van der Waals surface area contributed by atoms with Crippen molar-refractivity contribution in [1.82, 2.24) is 4.90 Å². The molecule has 0 aliphatic carbocycles.